The van der Waals surface area contributed by atoms with E-state index in [2.05, 4.69) is 15.2 Å². The largest absolute Gasteiger partial charge is 0.484 e. The predicted molar refractivity (Wildman–Crippen MR) is 125 cm³/mol. The second-order valence-corrected chi connectivity index (χ2v) is 8.61. The average molecular weight is 455 g/mol. The van der Waals surface area contributed by atoms with Crippen LogP contribution in [0.5, 0.6) is 5.75 Å². The molecule has 0 aliphatic heterocycles. The van der Waals surface area contributed by atoms with Crippen LogP contribution in [0.3, 0.4) is 0 Å². The Morgan fingerprint density at radius 1 is 1.13 bits per heavy atom. The minimum absolute atomic E-state index is 0.0383. The van der Waals surface area contributed by atoms with Crippen LogP contribution >= 0.6 is 23.4 Å². The fourth-order valence-electron chi connectivity index (χ4n) is 3.49. The lowest BCUT2D eigenvalue weighted by Crippen LogP contribution is -2.08. The highest BCUT2D eigenvalue weighted by Crippen LogP contribution is 2.26. The molecule has 0 fully saturated rings. The fraction of sp³-hybridized carbons (Fsp3) is 0.261. The van der Waals surface area contributed by atoms with Crippen molar-refractivity contribution in [2.75, 3.05) is 0 Å². The van der Waals surface area contributed by atoms with E-state index in [1.165, 1.54) is 11.8 Å². The van der Waals surface area contributed by atoms with Crippen LogP contribution in [0.4, 0.5) is 0 Å². The number of benzene rings is 2. The maximum atomic E-state index is 12.7. The van der Waals surface area contributed by atoms with Gasteiger partial charge in [0.2, 0.25) is 0 Å². The Morgan fingerprint density at radius 3 is 2.68 bits per heavy atom. The molecule has 4 aromatic rings. The molecule has 1 N–H and O–H groups in total. The normalized spacial score (nSPS) is 11.2. The number of aromatic amines is 1. The number of thioether (sulfide) groups is 1. The second kappa shape index (κ2) is 9.16. The quantitative estimate of drug-likeness (QED) is 0.384. The van der Waals surface area contributed by atoms with Crippen LogP contribution in [0.2, 0.25) is 5.02 Å². The molecule has 0 amide bonds. The molecule has 2 heterocycles. The Kier molecular flexibility index (Phi) is 6.34. The molecule has 8 heteroatoms. The summed E-state index contributed by atoms with van der Waals surface area (Å²) in [5.74, 6) is 1.93. The van der Waals surface area contributed by atoms with Gasteiger partial charge in [0.15, 0.2) is 16.4 Å². The zero-order chi connectivity index (χ0) is 22.0. The summed E-state index contributed by atoms with van der Waals surface area (Å²) in [4.78, 5) is 16.1. The molecule has 31 heavy (non-hydrogen) atoms. The summed E-state index contributed by atoms with van der Waals surface area (Å²) in [5.41, 5.74) is 3.83. The molecule has 0 spiro atoms. The summed E-state index contributed by atoms with van der Waals surface area (Å²) in [7, 11) is 0. The van der Waals surface area contributed by atoms with Crippen molar-refractivity contribution in [3.8, 4) is 5.75 Å². The van der Waals surface area contributed by atoms with Gasteiger partial charge in [0.1, 0.15) is 12.4 Å². The van der Waals surface area contributed by atoms with Crippen molar-refractivity contribution in [1.82, 2.24) is 19.7 Å². The molecule has 6 nitrogen and oxygen atoms in total. The van der Waals surface area contributed by atoms with Gasteiger partial charge < -0.3 is 14.3 Å². The number of aromatic nitrogens is 4. The predicted octanol–water partition coefficient (Wildman–Crippen LogP) is 5.28. The zero-order valence-corrected chi connectivity index (χ0v) is 19.2. The number of nitrogens with zero attached hydrogens (tertiary/aromatic N) is 3. The van der Waals surface area contributed by atoms with Gasteiger partial charge in [-0.15, -0.1) is 10.2 Å². The lowest BCUT2D eigenvalue weighted by Gasteiger charge is -2.10. The van der Waals surface area contributed by atoms with Crippen molar-refractivity contribution in [2.24, 2.45) is 0 Å². The first-order valence-electron chi connectivity index (χ1n) is 10.0. The van der Waals surface area contributed by atoms with Gasteiger partial charge in [-0.3, -0.25) is 4.79 Å². The maximum absolute atomic E-state index is 12.7. The van der Waals surface area contributed by atoms with Crippen molar-refractivity contribution >= 4 is 34.3 Å². The highest BCUT2D eigenvalue weighted by atomic mass is 35.5. The van der Waals surface area contributed by atoms with E-state index in [4.69, 9.17) is 16.3 Å². The summed E-state index contributed by atoms with van der Waals surface area (Å²) in [6, 6.07) is 13.0. The number of H-pyrrole nitrogens is 1. The van der Waals surface area contributed by atoms with Crippen molar-refractivity contribution in [1.29, 1.82) is 0 Å². The van der Waals surface area contributed by atoms with E-state index in [0.717, 1.165) is 38.7 Å². The first-order chi connectivity index (χ1) is 15.0. The molecular weight excluding hydrogens is 432 g/mol. The van der Waals surface area contributed by atoms with E-state index < -0.39 is 0 Å². The van der Waals surface area contributed by atoms with E-state index in [1.807, 2.05) is 55.7 Å². The Morgan fingerprint density at radius 2 is 1.90 bits per heavy atom. The summed E-state index contributed by atoms with van der Waals surface area (Å²) in [6.45, 7) is 6.99. The molecule has 0 bridgehead atoms. The first kappa shape index (κ1) is 21.5. The lowest BCUT2D eigenvalue weighted by molar-refractivity contribution is 0.288. The number of hydrogen-bond donors (Lipinski definition) is 1. The molecule has 160 valence electrons. The van der Waals surface area contributed by atoms with E-state index in [-0.39, 0.29) is 12.0 Å². The van der Waals surface area contributed by atoms with Crippen molar-refractivity contribution in [3.05, 3.63) is 80.4 Å². The number of ether oxygens (including phenoxy) is 1. The second-order valence-electron chi connectivity index (χ2n) is 7.26. The number of rotatable bonds is 7. The van der Waals surface area contributed by atoms with Gasteiger partial charge >= 0.3 is 0 Å². The Bertz CT molecular complexity index is 1300. The third kappa shape index (κ3) is 4.48. The van der Waals surface area contributed by atoms with Gasteiger partial charge in [-0.1, -0.05) is 47.6 Å². The molecule has 4 rings (SSSR count). The van der Waals surface area contributed by atoms with Crippen LogP contribution in [-0.2, 0) is 18.9 Å². The highest BCUT2D eigenvalue weighted by molar-refractivity contribution is 7.98. The van der Waals surface area contributed by atoms with Crippen LogP contribution in [-0.4, -0.2) is 19.7 Å². The number of nitrogens with one attached hydrogen (secondary N) is 1. The van der Waals surface area contributed by atoms with Crippen LogP contribution in [0.25, 0.3) is 10.9 Å². The van der Waals surface area contributed by atoms with E-state index in [9.17, 15) is 4.79 Å². The zero-order valence-electron chi connectivity index (χ0n) is 17.6. The first-order valence-corrected chi connectivity index (χ1v) is 11.4. The van der Waals surface area contributed by atoms with E-state index in [0.29, 0.717) is 23.1 Å². The number of para-hydroxylation sites is 1. The van der Waals surface area contributed by atoms with Crippen LogP contribution in [0.15, 0.2) is 52.4 Å². The number of halogens is 1. The van der Waals surface area contributed by atoms with E-state index >= 15 is 0 Å². The third-order valence-electron chi connectivity index (χ3n) is 5.12. The molecule has 0 saturated heterocycles. The highest BCUT2D eigenvalue weighted by Gasteiger charge is 2.14. The smallest absolute Gasteiger partial charge is 0.191 e. The molecule has 0 radical (unpaired) electrons. The Hall–Kier alpha value is -2.77. The molecule has 0 aliphatic carbocycles. The van der Waals surface area contributed by atoms with Crippen molar-refractivity contribution < 1.29 is 4.74 Å². The number of fused-ring (bicyclic) bond motifs is 1. The molecule has 0 aliphatic rings. The Labute approximate surface area is 189 Å². The minimum Gasteiger partial charge on any atom is -0.484 e. The molecule has 2 aromatic carbocycles. The van der Waals surface area contributed by atoms with Gasteiger partial charge in [-0.05, 0) is 44.0 Å². The molecule has 0 unspecified atom stereocenters. The lowest BCUT2D eigenvalue weighted by atomic mass is 10.0. The minimum atomic E-state index is 0.0383. The average Bonchev–Trinajstić information content (AvgIpc) is 3.16. The van der Waals surface area contributed by atoms with E-state index in [1.54, 1.807) is 12.1 Å². The summed E-state index contributed by atoms with van der Waals surface area (Å²) >= 11 is 7.70. The summed E-state index contributed by atoms with van der Waals surface area (Å²) < 4.78 is 7.83. The number of hydrogen-bond acceptors (Lipinski definition) is 5. The van der Waals surface area contributed by atoms with Crippen LogP contribution < -0.4 is 10.2 Å². The summed E-state index contributed by atoms with van der Waals surface area (Å²) in [5, 5.41) is 10.7. The summed E-state index contributed by atoms with van der Waals surface area (Å²) in [6.07, 6.45) is 0. The van der Waals surface area contributed by atoms with Gasteiger partial charge in [-0.25, -0.2) is 0 Å². The monoisotopic (exact) mass is 454 g/mol. The van der Waals surface area contributed by atoms with Crippen LogP contribution in [0, 0.1) is 13.8 Å². The molecule has 2 aromatic heterocycles. The maximum Gasteiger partial charge on any atom is 0.191 e. The SMILES string of the molecule is CCn1c(COc2ccccc2Cl)nnc1SCc1cc(=O)c2c(C)ccc(C)c2[nH]1. The van der Waals surface area contributed by atoms with Gasteiger partial charge in [0.25, 0.3) is 0 Å². The standard InChI is InChI=1S/C23H23ClN4O2S/c1-4-28-20(12-30-19-8-6-5-7-17(19)24)26-27-23(28)31-13-16-11-18(29)21-14(2)9-10-15(3)22(21)25-16/h5-11H,4,12-13H2,1-3H3,(H,25,29). The molecular formula is C23H23ClN4O2S. The number of aryl methyl sites for hydroxylation is 2. The van der Waals surface area contributed by atoms with Crippen molar-refractivity contribution in [2.45, 2.75) is 44.8 Å². The third-order valence-corrected chi connectivity index (χ3v) is 6.45. The fourth-order valence-corrected chi connectivity index (χ4v) is 4.61. The molecule has 0 atom stereocenters. The van der Waals surface area contributed by atoms with Gasteiger partial charge in [0.05, 0.1) is 10.5 Å². The van der Waals surface area contributed by atoms with Gasteiger partial charge in [0, 0.05) is 29.4 Å². The van der Waals surface area contributed by atoms with Gasteiger partial charge in [-0.2, -0.15) is 0 Å². The topological polar surface area (TPSA) is 72.8 Å². The van der Waals surface area contributed by atoms with Crippen molar-refractivity contribution in [3.63, 3.8) is 0 Å². The van der Waals surface area contributed by atoms with Crippen LogP contribution in [0.1, 0.15) is 29.6 Å². The Balaban J connectivity index is 1.52. The number of pyridine rings is 1. The molecule has 0 saturated carbocycles.